The van der Waals surface area contributed by atoms with Crippen LogP contribution in [0.4, 0.5) is 5.69 Å². The van der Waals surface area contributed by atoms with E-state index in [2.05, 4.69) is 0 Å². The standard InChI is InChI=1S/C23H26N2O5/c1-28-16-9-10-17(21(14-16)29-2)18-7-5-12-24(18)23(27)15-25-19-6-3-4-8-20(19)30-13-11-22(25)26/h3-4,6,8-10,14,18H,5,7,11-13,15H2,1-2H3/t18-/m1/s1. The lowest BCUT2D eigenvalue weighted by molar-refractivity contribution is -0.132. The molecule has 0 saturated carbocycles. The molecule has 0 bridgehead atoms. The van der Waals surface area contributed by atoms with Gasteiger partial charge in [-0.15, -0.1) is 0 Å². The number of carbonyl (C=O) groups excluding carboxylic acids is 2. The van der Waals surface area contributed by atoms with E-state index in [1.807, 2.05) is 47.4 Å². The summed E-state index contributed by atoms with van der Waals surface area (Å²) in [6.07, 6.45) is 2.00. The maximum absolute atomic E-state index is 13.3. The van der Waals surface area contributed by atoms with E-state index in [-0.39, 0.29) is 30.8 Å². The quantitative estimate of drug-likeness (QED) is 0.757. The zero-order chi connectivity index (χ0) is 21.1. The summed E-state index contributed by atoms with van der Waals surface area (Å²) in [4.78, 5) is 29.4. The lowest BCUT2D eigenvalue weighted by atomic mass is 10.0. The van der Waals surface area contributed by atoms with Gasteiger partial charge in [0.05, 0.1) is 39.0 Å². The van der Waals surface area contributed by atoms with Crippen molar-refractivity contribution in [2.75, 3.05) is 38.8 Å². The molecule has 1 atom stereocenters. The Kier molecular flexibility index (Phi) is 5.79. The summed E-state index contributed by atoms with van der Waals surface area (Å²) in [5.41, 5.74) is 1.60. The van der Waals surface area contributed by atoms with E-state index in [0.717, 1.165) is 18.4 Å². The Morgan fingerprint density at radius 3 is 2.80 bits per heavy atom. The number of ether oxygens (including phenoxy) is 3. The van der Waals surface area contributed by atoms with Crippen LogP contribution in [-0.2, 0) is 9.59 Å². The molecule has 158 valence electrons. The summed E-state index contributed by atoms with van der Waals surface area (Å²) in [6.45, 7) is 0.961. The Morgan fingerprint density at radius 2 is 2.00 bits per heavy atom. The first-order valence-corrected chi connectivity index (χ1v) is 10.2. The molecular weight excluding hydrogens is 384 g/mol. The molecule has 0 N–H and O–H groups in total. The van der Waals surface area contributed by atoms with Gasteiger partial charge in [0, 0.05) is 18.2 Å². The average molecular weight is 410 g/mol. The molecule has 2 aliphatic rings. The first kappa shape index (κ1) is 20.1. The number of hydrogen-bond acceptors (Lipinski definition) is 5. The van der Waals surface area contributed by atoms with Crippen LogP contribution in [0.2, 0.25) is 0 Å². The Balaban J connectivity index is 1.58. The Labute approximate surface area is 176 Å². The first-order chi connectivity index (χ1) is 14.6. The predicted octanol–water partition coefficient (Wildman–Crippen LogP) is 3.18. The minimum Gasteiger partial charge on any atom is -0.497 e. The van der Waals surface area contributed by atoms with E-state index >= 15 is 0 Å². The molecule has 0 radical (unpaired) electrons. The number of amides is 2. The van der Waals surface area contributed by atoms with Gasteiger partial charge in [0.15, 0.2) is 0 Å². The van der Waals surface area contributed by atoms with Crippen LogP contribution in [0.5, 0.6) is 17.2 Å². The number of nitrogens with zero attached hydrogens (tertiary/aromatic N) is 2. The van der Waals surface area contributed by atoms with Gasteiger partial charge in [0.1, 0.15) is 23.8 Å². The number of likely N-dealkylation sites (tertiary alicyclic amines) is 1. The number of fused-ring (bicyclic) bond motifs is 1. The highest BCUT2D eigenvalue weighted by Gasteiger charge is 2.34. The zero-order valence-corrected chi connectivity index (χ0v) is 17.3. The normalized spacial score (nSPS) is 18.5. The second-order valence-corrected chi connectivity index (χ2v) is 7.40. The van der Waals surface area contributed by atoms with Gasteiger partial charge in [-0.25, -0.2) is 0 Å². The maximum atomic E-state index is 13.3. The van der Waals surface area contributed by atoms with Crippen molar-refractivity contribution in [3.8, 4) is 17.2 Å². The van der Waals surface area contributed by atoms with Crippen LogP contribution in [0.1, 0.15) is 30.9 Å². The van der Waals surface area contributed by atoms with E-state index in [1.54, 1.807) is 19.1 Å². The van der Waals surface area contributed by atoms with E-state index in [9.17, 15) is 9.59 Å². The molecule has 0 spiro atoms. The van der Waals surface area contributed by atoms with Gasteiger partial charge in [-0.1, -0.05) is 12.1 Å². The van der Waals surface area contributed by atoms with Crippen molar-refractivity contribution in [1.82, 2.24) is 4.90 Å². The van der Waals surface area contributed by atoms with E-state index in [1.165, 1.54) is 0 Å². The topological polar surface area (TPSA) is 68.3 Å². The van der Waals surface area contributed by atoms with Gasteiger partial charge in [-0.05, 0) is 37.1 Å². The van der Waals surface area contributed by atoms with Crippen LogP contribution in [0, 0.1) is 0 Å². The average Bonchev–Trinajstić information content (AvgIpc) is 3.21. The summed E-state index contributed by atoms with van der Waals surface area (Å²) < 4.78 is 16.5. The molecule has 30 heavy (non-hydrogen) atoms. The van der Waals surface area contributed by atoms with Crippen molar-refractivity contribution >= 4 is 17.5 Å². The molecule has 7 heteroatoms. The predicted molar refractivity (Wildman–Crippen MR) is 112 cm³/mol. The van der Waals surface area contributed by atoms with Crippen molar-refractivity contribution < 1.29 is 23.8 Å². The fourth-order valence-corrected chi connectivity index (χ4v) is 4.20. The van der Waals surface area contributed by atoms with E-state index in [0.29, 0.717) is 36.1 Å². The molecule has 0 aromatic heterocycles. The Hall–Kier alpha value is -3.22. The van der Waals surface area contributed by atoms with Gasteiger partial charge in [-0.2, -0.15) is 0 Å². The van der Waals surface area contributed by atoms with Crippen molar-refractivity contribution in [2.24, 2.45) is 0 Å². The molecule has 2 aromatic rings. The van der Waals surface area contributed by atoms with Crippen LogP contribution in [0.3, 0.4) is 0 Å². The molecular formula is C23H26N2O5. The van der Waals surface area contributed by atoms with Gasteiger partial charge in [0.25, 0.3) is 0 Å². The van der Waals surface area contributed by atoms with Crippen LogP contribution in [0.15, 0.2) is 42.5 Å². The highest BCUT2D eigenvalue weighted by Crippen LogP contribution is 2.39. The van der Waals surface area contributed by atoms with Crippen molar-refractivity contribution in [3.05, 3.63) is 48.0 Å². The summed E-state index contributed by atoms with van der Waals surface area (Å²) in [5, 5.41) is 0. The largest absolute Gasteiger partial charge is 0.497 e. The monoisotopic (exact) mass is 410 g/mol. The van der Waals surface area contributed by atoms with E-state index < -0.39 is 0 Å². The minimum absolute atomic E-state index is 0.00578. The number of methoxy groups -OCH3 is 2. The molecule has 4 rings (SSSR count). The van der Waals surface area contributed by atoms with Crippen molar-refractivity contribution in [3.63, 3.8) is 0 Å². The molecule has 1 saturated heterocycles. The number of carbonyl (C=O) groups is 2. The second-order valence-electron chi connectivity index (χ2n) is 7.40. The Bertz CT molecular complexity index is 945. The third kappa shape index (κ3) is 3.79. The van der Waals surface area contributed by atoms with Crippen LogP contribution >= 0.6 is 0 Å². The zero-order valence-electron chi connectivity index (χ0n) is 17.3. The van der Waals surface area contributed by atoms with Gasteiger partial charge in [-0.3, -0.25) is 14.5 Å². The molecule has 7 nitrogen and oxygen atoms in total. The van der Waals surface area contributed by atoms with Crippen LogP contribution in [0.25, 0.3) is 0 Å². The SMILES string of the molecule is COc1ccc([C@H]2CCCN2C(=O)CN2C(=O)CCOc3ccccc32)c(OC)c1. The molecule has 2 aromatic carbocycles. The van der Waals surface area contributed by atoms with Gasteiger partial charge >= 0.3 is 0 Å². The fraction of sp³-hybridized carbons (Fsp3) is 0.391. The Morgan fingerprint density at radius 1 is 1.17 bits per heavy atom. The summed E-state index contributed by atoms with van der Waals surface area (Å²) >= 11 is 0. The summed E-state index contributed by atoms with van der Waals surface area (Å²) in [5.74, 6) is 1.85. The summed E-state index contributed by atoms with van der Waals surface area (Å²) in [6, 6.07) is 12.9. The molecule has 1 fully saturated rings. The van der Waals surface area contributed by atoms with Gasteiger partial charge < -0.3 is 19.1 Å². The highest BCUT2D eigenvalue weighted by molar-refractivity contribution is 6.00. The molecule has 2 aliphatic heterocycles. The maximum Gasteiger partial charge on any atom is 0.243 e. The second kappa shape index (κ2) is 8.65. The smallest absolute Gasteiger partial charge is 0.243 e. The highest BCUT2D eigenvalue weighted by atomic mass is 16.5. The van der Waals surface area contributed by atoms with E-state index in [4.69, 9.17) is 14.2 Å². The first-order valence-electron chi connectivity index (χ1n) is 10.2. The lowest BCUT2D eigenvalue weighted by Gasteiger charge is -2.29. The molecule has 2 heterocycles. The number of hydrogen-bond donors (Lipinski definition) is 0. The third-order valence-electron chi connectivity index (χ3n) is 5.70. The third-order valence-corrected chi connectivity index (χ3v) is 5.70. The minimum atomic E-state index is -0.105. The molecule has 0 unspecified atom stereocenters. The number of para-hydroxylation sites is 2. The van der Waals surface area contributed by atoms with Gasteiger partial charge in [0.2, 0.25) is 11.8 Å². The molecule has 0 aliphatic carbocycles. The lowest BCUT2D eigenvalue weighted by Crippen LogP contribution is -2.42. The number of rotatable bonds is 5. The van der Waals surface area contributed by atoms with Crippen molar-refractivity contribution in [2.45, 2.75) is 25.3 Å². The fourth-order valence-electron chi connectivity index (χ4n) is 4.20. The van der Waals surface area contributed by atoms with Crippen molar-refractivity contribution in [1.29, 1.82) is 0 Å². The van der Waals surface area contributed by atoms with Crippen LogP contribution < -0.4 is 19.1 Å². The number of benzene rings is 2. The molecule has 2 amide bonds. The number of anilines is 1. The summed E-state index contributed by atoms with van der Waals surface area (Å²) in [7, 11) is 3.23. The van der Waals surface area contributed by atoms with Crippen LogP contribution in [-0.4, -0.2) is 50.6 Å².